The first-order chi connectivity index (χ1) is 30.8. The summed E-state index contributed by atoms with van der Waals surface area (Å²) in [6.07, 6.45) is -4.32. The maximum absolute atomic E-state index is 13.7. The molecule has 2 aromatic heterocycles. The number of alkyl halides is 4. The van der Waals surface area contributed by atoms with Crippen LogP contribution < -0.4 is 35.0 Å². The van der Waals surface area contributed by atoms with Crippen molar-refractivity contribution in [3.05, 3.63) is 122 Å². The Morgan fingerprint density at radius 3 is 1.48 bits per heavy atom. The van der Waals surface area contributed by atoms with E-state index in [2.05, 4.69) is 55.5 Å². The number of carbonyl (C=O) groups is 2. The van der Waals surface area contributed by atoms with E-state index in [1.807, 2.05) is 27.7 Å². The Morgan fingerprint density at radius 2 is 1.03 bits per heavy atom. The van der Waals surface area contributed by atoms with E-state index in [0.717, 1.165) is 39.2 Å². The average Bonchev–Trinajstić information content (AvgIpc) is 4.00. The van der Waals surface area contributed by atoms with Crippen LogP contribution in [0.2, 0.25) is 0 Å². The predicted molar refractivity (Wildman–Crippen MR) is 228 cm³/mol. The van der Waals surface area contributed by atoms with E-state index in [0.29, 0.717) is 25.7 Å². The first-order valence-electron chi connectivity index (χ1n) is 19.1. The van der Waals surface area contributed by atoms with E-state index in [4.69, 9.17) is 9.31 Å². The van der Waals surface area contributed by atoms with Gasteiger partial charge in [-0.05, 0) is 57.8 Å². The number of hydrogen-bond donors (Lipinski definition) is 2. The molecule has 66 heavy (non-hydrogen) atoms. The van der Waals surface area contributed by atoms with Gasteiger partial charge < -0.3 is 18.8 Å². The minimum absolute atomic E-state index is 0.00434. The summed E-state index contributed by atoms with van der Waals surface area (Å²) in [6, 6.07) is 12.2. The van der Waals surface area contributed by atoms with Gasteiger partial charge >= 0.3 is 285 Å². The number of nitrogens with one attached hydrogen (secondary N) is 2. The van der Waals surface area contributed by atoms with Gasteiger partial charge in [-0.2, -0.15) is 0 Å². The van der Waals surface area contributed by atoms with Crippen molar-refractivity contribution in [2.75, 3.05) is 10.6 Å². The van der Waals surface area contributed by atoms with Crippen LogP contribution in [0, 0.1) is 37.1 Å². The van der Waals surface area contributed by atoms with Crippen LogP contribution in [-0.2, 0) is 9.31 Å². The van der Waals surface area contributed by atoms with Crippen molar-refractivity contribution in [2.45, 2.75) is 65.3 Å². The Balaban J connectivity index is 0.000000152. The topological polar surface area (TPSA) is 139 Å². The van der Waals surface area contributed by atoms with Crippen molar-refractivity contribution in [3.63, 3.8) is 0 Å². The molecule has 1 saturated heterocycles. The molecule has 3 aliphatic rings. The Bertz CT molecular complexity index is 2810. The Hall–Kier alpha value is -5.22. The summed E-state index contributed by atoms with van der Waals surface area (Å²) in [5, 5.41) is 4.78. The molecule has 346 valence electrons. The molecule has 1 fully saturated rings. The van der Waals surface area contributed by atoms with E-state index in [1.54, 1.807) is 20.0 Å². The van der Waals surface area contributed by atoms with E-state index >= 15 is 0 Å². The molecule has 0 bridgehead atoms. The first kappa shape index (κ1) is 48.7. The molecule has 4 aromatic carbocycles. The fourth-order valence-electron chi connectivity index (χ4n) is 6.22. The molecule has 24 heteroatoms. The van der Waals surface area contributed by atoms with Gasteiger partial charge in [-0.3, -0.25) is 0 Å². The number of ether oxygens (including phenoxy) is 4. The fraction of sp³-hybridized carbons (Fsp3) is 0.238. The molecule has 0 spiro atoms. The van der Waals surface area contributed by atoms with Gasteiger partial charge in [0.15, 0.2) is 11.5 Å². The van der Waals surface area contributed by atoms with Crippen molar-refractivity contribution < 1.29 is 73.0 Å². The molecule has 12 nitrogen and oxygen atoms in total. The number of hydrogen-bond acceptors (Lipinski definition) is 10. The number of rotatable bonds is 6. The third kappa shape index (κ3) is 10.6. The summed E-state index contributed by atoms with van der Waals surface area (Å²) >= 11 is 2.56. The van der Waals surface area contributed by atoms with Gasteiger partial charge in [0.1, 0.15) is 0 Å². The number of halogens is 9. The van der Waals surface area contributed by atoms with E-state index < -0.39 is 91.6 Å². The molecule has 3 aliphatic heterocycles. The molecule has 0 unspecified atom stereocenters. The number of nitrogens with zero attached hydrogens (tertiary/aromatic N) is 2. The monoisotopic (exact) mass is 1120 g/mol. The summed E-state index contributed by atoms with van der Waals surface area (Å²) in [7, 11) is -0.627. The molecule has 2 N–H and O–H groups in total. The Labute approximate surface area is 390 Å². The van der Waals surface area contributed by atoms with Crippen molar-refractivity contribution >= 4 is 78.7 Å². The number of aromatic nitrogens is 2. The van der Waals surface area contributed by atoms with Gasteiger partial charge in [-0.15, -0.1) is 8.78 Å². The number of aryl methyl sites for hydroxylation is 2. The van der Waals surface area contributed by atoms with Crippen molar-refractivity contribution in [2.24, 2.45) is 0 Å². The normalized spacial score (nSPS) is 16.4. The van der Waals surface area contributed by atoms with Crippen LogP contribution in [0.15, 0.2) is 76.4 Å². The SMILES string of the molecule is Cc1cc2c(cc1-c1cnc(NC(=O)c3c(F)cccc3F)[se]1)OC(F)(F)O2.Cc1cc2c(cc1B1OC(C)(C)C(C)(C)O1)OC(F)(F)O2.O=C(Nc1ncc(Br)[se]1)c1c(F)cccc1F. The van der Waals surface area contributed by atoms with Gasteiger partial charge in [0.2, 0.25) is 0 Å². The molecule has 2 amide bonds. The van der Waals surface area contributed by atoms with Crippen LogP contribution in [0.25, 0.3) is 10.0 Å². The summed E-state index contributed by atoms with van der Waals surface area (Å²) in [5.41, 5.74) is 0.378. The van der Waals surface area contributed by atoms with Gasteiger partial charge in [0.25, 0.3) is 0 Å². The zero-order valence-corrected chi connectivity index (χ0v) is 39.9. The zero-order chi connectivity index (χ0) is 48.1. The van der Waals surface area contributed by atoms with Crippen LogP contribution in [-0.4, -0.2) is 81.7 Å². The number of anilines is 2. The van der Waals surface area contributed by atoms with E-state index in [1.165, 1.54) is 36.5 Å². The second-order valence-electron chi connectivity index (χ2n) is 15.3. The Morgan fingerprint density at radius 1 is 0.621 bits per heavy atom. The van der Waals surface area contributed by atoms with Gasteiger partial charge in [-0.1, -0.05) is 0 Å². The fourth-order valence-corrected chi connectivity index (χ4v) is 10.1. The summed E-state index contributed by atoms with van der Waals surface area (Å²) < 4.78 is 139. The third-order valence-corrected chi connectivity index (χ3v) is 14.6. The first-order valence-corrected chi connectivity index (χ1v) is 23.3. The van der Waals surface area contributed by atoms with Crippen LogP contribution in [0.1, 0.15) is 59.5 Å². The predicted octanol–water partition coefficient (Wildman–Crippen LogP) is 9.01. The average molecular weight is 1120 g/mol. The number of fused-ring (bicyclic) bond motifs is 2. The van der Waals surface area contributed by atoms with Crippen molar-refractivity contribution in [1.29, 1.82) is 0 Å². The number of amides is 2. The molecule has 0 aliphatic carbocycles. The molecular weight excluding hydrogens is 1090 g/mol. The molecule has 0 saturated carbocycles. The third-order valence-electron chi connectivity index (χ3n) is 10.1. The van der Waals surface area contributed by atoms with E-state index in [9.17, 15) is 44.7 Å². The molecule has 0 atom stereocenters. The standard InChI is InChI=1S/C18H10F4N2O3Se.C14H17BF2O4.C10H5BrF2N2OSe/c1-8-5-12-13(27-18(21,22)26-12)6-9(8)14-7-23-17(28-14)24-16(25)15-10(19)3-2-4-11(15)20;1-8-6-10-11(19-14(16,17)18-10)7-9(8)15-20-12(2,3)13(4,5)21-15;11-7-4-14-10(17-7)15-9(16)8-5(12)2-1-3-6(8)13/h2-7H,1H3,(H,23,24,25);6-7H,1-5H3;1-4H,(H,14,15,16). The van der Waals surface area contributed by atoms with Crippen molar-refractivity contribution in [1.82, 2.24) is 9.97 Å². The second kappa shape index (κ2) is 18.5. The van der Waals surface area contributed by atoms with Crippen LogP contribution in [0.3, 0.4) is 0 Å². The number of carbonyl (C=O) groups excluding carboxylic acids is 2. The summed E-state index contributed by atoms with van der Waals surface area (Å²) in [4.78, 5) is 31.8. The molecular formula is C42H32BBrF8N4O8Se2. The Kier molecular flexibility index (Phi) is 13.6. The van der Waals surface area contributed by atoms with Gasteiger partial charge in [0.05, 0.1) is 11.2 Å². The van der Waals surface area contributed by atoms with Gasteiger partial charge in [0, 0.05) is 0 Å². The molecule has 5 heterocycles. The minimum atomic E-state index is -3.72. The second-order valence-corrected chi connectivity index (χ2v) is 21.7. The summed E-state index contributed by atoms with van der Waals surface area (Å²) in [5.74, 6) is -5.66. The van der Waals surface area contributed by atoms with E-state index in [-0.39, 0.29) is 42.2 Å². The zero-order valence-electron chi connectivity index (χ0n) is 34.9. The molecule has 9 rings (SSSR count). The summed E-state index contributed by atoms with van der Waals surface area (Å²) in [6.45, 7) is 11.2. The van der Waals surface area contributed by atoms with Crippen molar-refractivity contribution in [3.8, 4) is 33.0 Å². The van der Waals surface area contributed by atoms with Crippen LogP contribution in [0.4, 0.5) is 44.5 Å². The van der Waals surface area contributed by atoms with Gasteiger partial charge in [-0.25, -0.2) is 0 Å². The quantitative estimate of drug-likeness (QED) is 0.123. The van der Waals surface area contributed by atoms with Crippen LogP contribution >= 0.6 is 15.9 Å². The molecule has 6 aromatic rings. The number of benzene rings is 4. The molecule has 0 radical (unpaired) electrons. The maximum atomic E-state index is 13.7. The van der Waals surface area contributed by atoms with Crippen LogP contribution in [0.5, 0.6) is 23.0 Å².